The van der Waals surface area contributed by atoms with Crippen molar-refractivity contribution in [2.75, 3.05) is 26.4 Å². The molecule has 13 nitrogen and oxygen atoms in total. The Morgan fingerprint density at radius 3 is 2.19 bits per heavy atom. The normalized spacial score (nSPS) is 25.3. The van der Waals surface area contributed by atoms with E-state index < -0.39 is 52.8 Å². The zero-order valence-corrected chi connectivity index (χ0v) is 25.6. The summed E-state index contributed by atoms with van der Waals surface area (Å²) < 4.78 is 12.4. The number of H-pyrrole nitrogens is 1. The number of aliphatic hydroxyl groups excluding tert-OH is 3. The molecule has 2 unspecified atom stereocenters. The fraction of sp³-hybridized carbons (Fsp3) is 0.793. The van der Waals surface area contributed by atoms with Gasteiger partial charge < -0.3 is 35.4 Å². The van der Waals surface area contributed by atoms with Crippen molar-refractivity contribution >= 4 is 11.8 Å². The summed E-state index contributed by atoms with van der Waals surface area (Å²) in [5.74, 6) is -0.705. The van der Waals surface area contributed by atoms with Gasteiger partial charge in [-0.15, -0.1) is 0 Å². The van der Waals surface area contributed by atoms with Gasteiger partial charge in [0.1, 0.15) is 12.3 Å². The van der Waals surface area contributed by atoms with Crippen molar-refractivity contribution in [1.29, 1.82) is 0 Å². The number of nitrogens with zero attached hydrogens (tertiary/aromatic N) is 1. The van der Waals surface area contributed by atoms with Crippen LogP contribution >= 0.6 is 0 Å². The maximum Gasteiger partial charge on any atom is 0.330 e. The lowest BCUT2D eigenvalue weighted by Gasteiger charge is -2.43. The molecule has 1 aromatic rings. The van der Waals surface area contributed by atoms with Crippen LogP contribution in [0, 0.1) is 11.8 Å². The summed E-state index contributed by atoms with van der Waals surface area (Å²) in [5, 5.41) is 34.8. The monoisotopic (exact) mass is 596 g/mol. The minimum atomic E-state index is -0.953. The first-order valence-corrected chi connectivity index (χ1v) is 14.7. The van der Waals surface area contributed by atoms with Crippen molar-refractivity contribution < 1.29 is 34.4 Å². The average Bonchev–Trinajstić information content (AvgIpc) is 3.30. The Bertz CT molecular complexity index is 1210. The van der Waals surface area contributed by atoms with Gasteiger partial charge in [0, 0.05) is 47.5 Å². The van der Waals surface area contributed by atoms with Crippen molar-refractivity contribution in [3.63, 3.8) is 0 Å². The topological polar surface area (TPSA) is 192 Å². The minimum absolute atomic E-state index is 0.0702. The standard InChI is InChI=1S/C29H48N4O9/c1-27(2,16-35)41-12-11-30-23(37)17-7-9-18(10-8-17)24(38)32-29(5,6)28(3,4)19-14-33(26(40)31-25(19)39)22-13-20(36)21(15-34)42-22/h14,17-18,20-22,34-36H,7-13,15-16H2,1-6H3,(H,30,37)(H,32,38)(H,31,39,40)/t17?,18?,20?,21?,22-/m1/s1. The van der Waals surface area contributed by atoms with E-state index in [1.807, 2.05) is 13.8 Å². The van der Waals surface area contributed by atoms with Gasteiger partial charge in [-0.2, -0.15) is 0 Å². The summed E-state index contributed by atoms with van der Waals surface area (Å²) in [7, 11) is 0. The highest BCUT2D eigenvalue weighted by Crippen LogP contribution is 2.36. The highest BCUT2D eigenvalue weighted by molar-refractivity contribution is 5.81. The fourth-order valence-corrected chi connectivity index (χ4v) is 5.41. The number of carbonyl (C=O) groups is 2. The number of hydrogen-bond donors (Lipinski definition) is 6. The van der Waals surface area contributed by atoms with E-state index in [1.165, 1.54) is 10.8 Å². The molecule has 1 saturated heterocycles. The van der Waals surface area contributed by atoms with Crippen LogP contribution in [0.25, 0.3) is 0 Å². The lowest BCUT2D eigenvalue weighted by Crippen LogP contribution is -2.59. The van der Waals surface area contributed by atoms with Crippen LogP contribution in [0.4, 0.5) is 0 Å². The number of hydrogen-bond acceptors (Lipinski definition) is 9. The van der Waals surface area contributed by atoms with Crippen molar-refractivity contribution in [3.05, 3.63) is 32.6 Å². The predicted molar refractivity (Wildman–Crippen MR) is 154 cm³/mol. The molecule has 0 spiro atoms. The quantitative estimate of drug-likeness (QED) is 0.181. The van der Waals surface area contributed by atoms with Crippen LogP contribution < -0.4 is 21.9 Å². The van der Waals surface area contributed by atoms with Gasteiger partial charge in [-0.05, 0) is 53.4 Å². The number of aliphatic hydroxyl groups is 3. The molecule has 1 aliphatic carbocycles. The summed E-state index contributed by atoms with van der Waals surface area (Å²) in [6.07, 6.45) is 1.08. The molecule has 3 rings (SSSR count). The van der Waals surface area contributed by atoms with E-state index in [4.69, 9.17) is 9.47 Å². The molecule has 13 heteroatoms. The summed E-state index contributed by atoms with van der Waals surface area (Å²) in [6, 6.07) is 0. The molecule has 1 aliphatic heterocycles. The largest absolute Gasteiger partial charge is 0.394 e. The van der Waals surface area contributed by atoms with Gasteiger partial charge in [-0.25, -0.2) is 4.79 Å². The molecular weight excluding hydrogens is 548 g/mol. The van der Waals surface area contributed by atoms with E-state index in [2.05, 4.69) is 15.6 Å². The first-order chi connectivity index (χ1) is 19.5. The highest BCUT2D eigenvalue weighted by Gasteiger charge is 2.44. The fourth-order valence-electron chi connectivity index (χ4n) is 5.41. The van der Waals surface area contributed by atoms with Crippen LogP contribution in [-0.4, -0.2) is 86.4 Å². The SMILES string of the molecule is CC(C)(CO)OCCNC(=O)C1CCC(C(=O)NC(C)(C)C(C)(C)c2cn([C@H]3CC(O)C(CO)O3)c(=O)[nH]c2=O)CC1. The van der Waals surface area contributed by atoms with Crippen molar-refractivity contribution in [2.45, 2.75) is 109 Å². The average molecular weight is 597 g/mol. The van der Waals surface area contributed by atoms with Gasteiger partial charge in [0.05, 0.1) is 31.5 Å². The molecule has 0 aromatic carbocycles. The van der Waals surface area contributed by atoms with Crippen LogP contribution in [0.5, 0.6) is 0 Å². The molecule has 42 heavy (non-hydrogen) atoms. The van der Waals surface area contributed by atoms with Crippen molar-refractivity contribution in [2.24, 2.45) is 11.8 Å². The number of rotatable bonds is 12. The molecule has 238 valence electrons. The van der Waals surface area contributed by atoms with Crippen molar-refractivity contribution in [3.8, 4) is 0 Å². The van der Waals surface area contributed by atoms with Gasteiger partial charge in [0.25, 0.3) is 5.56 Å². The van der Waals surface area contributed by atoms with Gasteiger partial charge >= 0.3 is 5.69 Å². The Morgan fingerprint density at radius 2 is 1.64 bits per heavy atom. The first kappa shape index (κ1) is 33.9. The van der Waals surface area contributed by atoms with Crippen LogP contribution in [-0.2, 0) is 24.5 Å². The number of carbonyl (C=O) groups excluding carboxylic acids is 2. The highest BCUT2D eigenvalue weighted by atomic mass is 16.5. The summed E-state index contributed by atoms with van der Waals surface area (Å²) >= 11 is 0. The third-order valence-electron chi connectivity index (χ3n) is 9.08. The Morgan fingerprint density at radius 1 is 1.05 bits per heavy atom. The second-order valence-electron chi connectivity index (χ2n) is 13.2. The van der Waals surface area contributed by atoms with Gasteiger partial charge in [-0.3, -0.25) is 23.9 Å². The summed E-state index contributed by atoms with van der Waals surface area (Å²) in [5.41, 5.74) is -3.55. The van der Waals surface area contributed by atoms with Gasteiger partial charge in [-0.1, -0.05) is 13.8 Å². The number of aromatic nitrogens is 2. The molecule has 1 aromatic heterocycles. The van der Waals surface area contributed by atoms with E-state index >= 15 is 0 Å². The molecule has 6 N–H and O–H groups in total. The van der Waals surface area contributed by atoms with Gasteiger partial charge in [0.2, 0.25) is 11.8 Å². The van der Waals surface area contributed by atoms with Crippen LogP contribution in [0.2, 0.25) is 0 Å². The Kier molecular flexibility index (Phi) is 10.8. The van der Waals surface area contributed by atoms with Crippen LogP contribution in [0.15, 0.2) is 15.8 Å². The number of aromatic amines is 1. The van der Waals surface area contributed by atoms with E-state index in [-0.39, 0.29) is 42.2 Å². The molecular formula is C29H48N4O9. The lowest BCUT2D eigenvalue weighted by atomic mass is 9.70. The molecule has 0 bridgehead atoms. The third kappa shape index (κ3) is 7.67. The number of amides is 2. The third-order valence-corrected chi connectivity index (χ3v) is 9.08. The number of ether oxygens (including phenoxy) is 2. The van der Waals surface area contributed by atoms with Gasteiger partial charge in [0.15, 0.2) is 0 Å². The Balaban J connectivity index is 1.61. The van der Waals surface area contributed by atoms with E-state index in [9.17, 15) is 34.5 Å². The Labute approximate surface area is 246 Å². The first-order valence-electron chi connectivity index (χ1n) is 14.7. The van der Waals surface area contributed by atoms with E-state index in [1.54, 1.807) is 27.7 Å². The van der Waals surface area contributed by atoms with Crippen LogP contribution in [0.1, 0.15) is 85.4 Å². The molecule has 2 heterocycles. The molecule has 0 radical (unpaired) electrons. The molecule has 2 aliphatic rings. The Hall–Kier alpha value is -2.58. The molecule has 1 saturated carbocycles. The van der Waals surface area contributed by atoms with E-state index in [0.717, 1.165) is 0 Å². The van der Waals surface area contributed by atoms with Crippen LogP contribution in [0.3, 0.4) is 0 Å². The second-order valence-corrected chi connectivity index (χ2v) is 13.2. The maximum absolute atomic E-state index is 13.4. The number of nitrogens with one attached hydrogen (secondary N) is 3. The minimum Gasteiger partial charge on any atom is -0.394 e. The smallest absolute Gasteiger partial charge is 0.330 e. The summed E-state index contributed by atoms with van der Waals surface area (Å²) in [4.78, 5) is 53.9. The molecule has 2 fully saturated rings. The predicted octanol–water partition coefficient (Wildman–Crippen LogP) is 0.0598. The lowest BCUT2D eigenvalue weighted by molar-refractivity contribution is -0.132. The van der Waals surface area contributed by atoms with E-state index in [0.29, 0.717) is 38.8 Å². The maximum atomic E-state index is 13.4. The summed E-state index contributed by atoms with van der Waals surface area (Å²) in [6.45, 7) is 10.9. The van der Waals surface area contributed by atoms with Crippen molar-refractivity contribution in [1.82, 2.24) is 20.2 Å². The zero-order valence-electron chi connectivity index (χ0n) is 25.6. The molecule has 3 atom stereocenters. The zero-order chi connectivity index (χ0) is 31.5. The molecule has 2 amide bonds. The second kappa shape index (κ2) is 13.4.